The van der Waals surface area contributed by atoms with Gasteiger partial charge in [-0.2, -0.15) is 13.2 Å². The number of nitrogens with zero attached hydrogens (tertiary/aromatic N) is 3. The van der Waals surface area contributed by atoms with E-state index in [1.165, 1.54) is 23.1 Å². The molecule has 1 N–H and O–H groups in total. The van der Waals surface area contributed by atoms with Gasteiger partial charge in [0, 0.05) is 32.4 Å². The van der Waals surface area contributed by atoms with Crippen LogP contribution in [0.5, 0.6) is 0 Å². The first-order valence-corrected chi connectivity index (χ1v) is 8.65. The number of benzene rings is 1. The number of carbonyl (C=O) groups excluding carboxylic acids is 1. The van der Waals surface area contributed by atoms with E-state index in [0.717, 1.165) is 12.3 Å². The van der Waals surface area contributed by atoms with Crippen LogP contribution in [0.3, 0.4) is 0 Å². The summed E-state index contributed by atoms with van der Waals surface area (Å²) in [6, 6.07) is 6.76. The first kappa shape index (κ1) is 19.9. The first-order valence-electron chi connectivity index (χ1n) is 8.28. The van der Waals surface area contributed by atoms with Gasteiger partial charge in [0.05, 0.1) is 21.7 Å². The predicted molar refractivity (Wildman–Crippen MR) is 95.8 cm³/mol. The molecular weight excluding hydrogens is 399 g/mol. The molecule has 1 saturated heterocycles. The van der Waals surface area contributed by atoms with E-state index in [1.807, 2.05) is 0 Å². The molecule has 10 heteroatoms. The van der Waals surface area contributed by atoms with Crippen molar-refractivity contribution in [2.75, 3.05) is 31.1 Å². The summed E-state index contributed by atoms with van der Waals surface area (Å²) in [5, 5.41) is 9.11. The second kappa shape index (κ2) is 7.67. The summed E-state index contributed by atoms with van der Waals surface area (Å²) in [5.41, 5.74) is -0.920. The summed E-state index contributed by atoms with van der Waals surface area (Å²) in [6.07, 6.45) is -3.81. The first-order chi connectivity index (χ1) is 13.2. The summed E-state index contributed by atoms with van der Waals surface area (Å²) >= 11 is 5.97. The number of carboxylic acid groups (broad SMARTS) is 1. The maximum Gasteiger partial charge on any atom is 0.417 e. The van der Waals surface area contributed by atoms with Gasteiger partial charge in [0.2, 0.25) is 0 Å². The van der Waals surface area contributed by atoms with Crippen LogP contribution in [0, 0.1) is 0 Å². The molecule has 1 fully saturated rings. The number of hydrogen-bond acceptors (Lipinski definition) is 4. The zero-order chi connectivity index (χ0) is 20.5. The van der Waals surface area contributed by atoms with Gasteiger partial charge < -0.3 is 14.9 Å². The summed E-state index contributed by atoms with van der Waals surface area (Å²) in [6.45, 7) is 1.12. The highest BCUT2D eigenvalue weighted by atomic mass is 35.5. The molecule has 1 aromatic heterocycles. The third-order valence-electron chi connectivity index (χ3n) is 4.40. The van der Waals surface area contributed by atoms with Crippen LogP contribution in [0.15, 0.2) is 36.5 Å². The Kier molecular flexibility index (Phi) is 5.46. The van der Waals surface area contributed by atoms with Crippen LogP contribution in [0.4, 0.5) is 19.0 Å². The molecule has 2 heterocycles. The van der Waals surface area contributed by atoms with E-state index in [2.05, 4.69) is 4.98 Å². The molecule has 1 aromatic carbocycles. The summed E-state index contributed by atoms with van der Waals surface area (Å²) in [5.74, 6) is -1.39. The van der Waals surface area contributed by atoms with Gasteiger partial charge in [-0.05, 0) is 18.2 Å². The number of alkyl halides is 3. The SMILES string of the molecule is O=C(O)c1ccccc1C(=O)N1CCN(c2ncc(C(F)(F)F)cc2Cl)CC1. The molecule has 0 atom stereocenters. The van der Waals surface area contributed by atoms with Crippen LogP contribution in [-0.2, 0) is 6.18 Å². The molecule has 1 amide bonds. The Labute approximate surface area is 163 Å². The van der Waals surface area contributed by atoms with E-state index < -0.39 is 23.6 Å². The van der Waals surface area contributed by atoms with Crippen molar-refractivity contribution in [3.63, 3.8) is 0 Å². The van der Waals surface area contributed by atoms with Gasteiger partial charge in [-0.3, -0.25) is 4.79 Å². The van der Waals surface area contributed by atoms with E-state index in [1.54, 1.807) is 11.0 Å². The average Bonchev–Trinajstić information content (AvgIpc) is 2.67. The molecule has 0 unspecified atom stereocenters. The Morgan fingerprint density at radius 2 is 1.68 bits per heavy atom. The molecular formula is C18H15ClF3N3O3. The van der Waals surface area contributed by atoms with Crippen LogP contribution in [0.2, 0.25) is 5.02 Å². The quantitative estimate of drug-likeness (QED) is 0.834. The third-order valence-corrected chi connectivity index (χ3v) is 4.68. The fourth-order valence-corrected chi connectivity index (χ4v) is 3.25. The molecule has 28 heavy (non-hydrogen) atoms. The molecule has 0 saturated carbocycles. The fourth-order valence-electron chi connectivity index (χ4n) is 2.97. The minimum atomic E-state index is -4.53. The van der Waals surface area contributed by atoms with Gasteiger partial charge >= 0.3 is 12.1 Å². The number of aromatic carboxylic acids is 1. The molecule has 1 aliphatic rings. The van der Waals surface area contributed by atoms with Crippen molar-refractivity contribution in [3.05, 3.63) is 58.2 Å². The van der Waals surface area contributed by atoms with Gasteiger partial charge in [0.25, 0.3) is 5.91 Å². The normalized spacial score (nSPS) is 14.9. The third kappa shape index (κ3) is 4.04. The van der Waals surface area contributed by atoms with Crippen LogP contribution in [0.25, 0.3) is 0 Å². The Morgan fingerprint density at radius 1 is 1.07 bits per heavy atom. The Bertz CT molecular complexity index is 912. The minimum absolute atomic E-state index is 0.0811. The lowest BCUT2D eigenvalue weighted by Gasteiger charge is -2.36. The highest BCUT2D eigenvalue weighted by Crippen LogP contribution is 2.33. The van der Waals surface area contributed by atoms with Gasteiger partial charge in [0.1, 0.15) is 5.82 Å². The Balaban J connectivity index is 1.72. The number of amides is 1. The second-order valence-corrected chi connectivity index (χ2v) is 6.56. The van der Waals surface area contributed by atoms with Crippen molar-refractivity contribution in [3.8, 4) is 0 Å². The van der Waals surface area contributed by atoms with E-state index in [-0.39, 0.29) is 35.1 Å². The van der Waals surface area contributed by atoms with Crippen molar-refractivity contribution in [2.45, 2.75) is 6.18 Å². The van der Waals surface area contributed by atoms with Gasteiger partial charge in [-0.1, -0.05) is 23.7 Å². The van der Waals surface area contributed by atoms with Crippen LogP contribution in [-0.4, -0.2) is 53.0 Å². The van der Waals surface area contributed by atoms with E-state index in [4.69, 9.17) is 11.6 Å². The second-order valence-electron chi connectivity index (χ2n) is 6.16. The molecule has 148 valence electrons. The zero-order valence-corrected chi connectivity index (χ0v) is 15.2. The fraction of sp³-hybridized carbons (Fsp3) is 0.278. The largest absolute Gasteiger partial charge is 0.478 e. The predicted octanol–water partition coefficient (Wildman–Crippen LogP) is 3.41. The van der Waals surface area contributed by atoms with Crippen molar-refractivity contribution in [1.82, 2.24) is 9.88 Å². The highest BCUT2D eigenvalue weighted by Gasteiger charge is 2.32. The van der Waals surface area contributed by atoms with Crippen LogP contribution >= 0.6 is 11.6 Å². The lowest BCUT2D eigenvalue weighted by Crippen LogP contribution is -2.49. The average molecular weight is 414 g/mol. The van der Waals surface area contributed by atoms with Crippen LogP contribution in [0.1, 0.15) is 26.3 Å². The minimum Gasteiger partial charge on any atom is -0.478 e. The molecule has 6 nitrogen and oxygen atoms in total. The van der Waals surface area contributed by atoms with Crippen molar-refractivity contribution in [1.29, 1.82) is 0 Å². The van der Waals surface area contributed by atoms with E-state index >= 15 is 0 Å². The van der Waals surface area contributed by atoms with Crippen LogP contribution < -0.4 is 4.90 Å². The molecule has 3 rings (SSSR count). The van der Waals surface area contributed by atoms with Crippen molar-refractivity contribution in [2.24, 2.45) is 0 Å². The number of piperazine rings is 1. The number of rotatable bonds is 3. The number of carboxylic acids is 1. The number of pyridine rings is 1. The topological polar surface area (TPSA) is 73.7 Å². The lowest BCUT2D eigenvalue weighted by atomic mass is 10.1. The van der Waals surface area contributed by atoms with Gasteiger partial charge in [-0.25, -0.2) is 9.78 Å². The molecule has 0 bridgehead atoms. The summed E-state index contributed by atoms with van der Waals surface area (Å²) in [7, 11) is 0. The maximum atomic E-state index is 12.7. The Morgan fingerprint density at radius 3 is 2.21 bits per heavy atom. The van der Waals surface area contributed by atoms with Gasteiger partial charge in [-0.15, -0.1) is 0 Å². The summed E-state index contributed by atoms with van der Waals surface area (Å²) in [4.78, 5) is 31.0. The standard InChI is InChI=1S/C18H15ClF3N3O3/c19-14-9-11(18(20,21)22)10-23-15(14)24-5-7-25(8-6-24)16(26)12-3-1-2-4-13(12)17(27)28/h1-4,9-10H,5-8H2,(H,27,28). The lowest BCUT2D eigenvalue weighted by molar-refractivity contribution is -0.137. The smallest absolute Gasteiger partial charge is 0.417 e. The number of aromatic nitrogens is 1. The van der Waals surface area contributed by atoms with Gasteiger partial charge in [0.15, 0.2) is 0 Å². The highest BCUT2D eigenvalue weighted by molar-refractivity contribution is 6.33. The monoisotopic (exact) mass is 413 g/mol. The van der Waals surface area contributed by atoms with Crippen molar-refractivity contribution < 1.29 is 27.9 Å². The molecule has 0 radical (unpaired) electrons. The number of carbonyl (C=O) groups is 2. The van der Waals surface area contributed by atoms with Crippen molar-refractivity contribution >= 4 is 29.3 Å². The molecule has 0 spiro atoms. The maximum absolute atomic E-state index is 12.7. The zero-order valence-electron chi connectivity index (χ0n) is 14.4. The molecule has 1 aliphatic heterocycles. The number of halogens is 4. The number of hydrogen-bond donors (Lipinski definition) is 1. The molecule has 0 aliphatic carbocycles. The molecule has 2 aromatic rings. The van der Waals surface area contributed by atoms with E-state index in [9.17, 15) is 27.9 Å². The number of anilines is 1. The Hall–Kier alpha value is -2.81. The van der Waals surface area contributed by atoms with E-state index in [0.29, 0.717) is 13.1 Å². The summed E-state index contributed by atoms with van der Waals surface area (Å²) < 4.78 is 38.2.